The molecule has 3 rings (SSSR count). The third-order valence-corrected chi connectivity index (χ3v) is 5.93. The van der Waals surface area contributed by atoms with E-state index in [-0.39, 0.29) is 0 Å². The van der Waals surface area contributed by atoms with Gasteiger partial charge in [-0.3, -0.25) is 4.72 Å². The minimum absolute atomic E-state index is 0.349. The van der Waals surface area contributed by atoms with Crippen molar-refractivity contribution in [1.29, 1.82) is 0 Å². The number of rotatable bonds is 8. The van der Waals surface area contributed by atoms with Crippen molar-refractivity contribution in [3.8, 4) is 5.75 Å². The molecule has 0 fully saturated rings. The van der Waals surface area contributed by atoms with Crippen LogP contribution in [0, 0.1) is 0 Å². The van der Waals surface area contributed by atoms with E-state index in [1.807, 2.05) is 45.0 Å². The predicted molar refractivity (Wildman–Crippen MR) is 135 cm³/mol. The lowest BCUT2D eigenvalue weighted by molar-refractivity contribution is -0.131. The first-order valence-corrected chi connectivity index (χ1v) is 12.0. The Kier molecular flexibility index (Phi) is 10.4. The SMILES string of the molecule is CC.CCCC[C@H]1CN(c2ccccc2)c2cc(N(C)C)c(O/C=C/C(=O)O)cc2SN1. The number of hydrogen-bond donors (Lipinski definition) is 2. The Labute approximate surface area is 196 Å². The Hall–Kier alpha value is -2.64. The van der Waals surface area contributed by atoms with Crippen LogP contribution in [0.25, 0.3) is 0 Å². The van der Waals surface area contributed by atoms with Gasteiger partial charge >= 0.3 is 5.97 Å². The summed E-state index contributed by atoms with van der Waals surface area (Å²) < 4.78 is 9.30. The van der Waals surface area contributed by atoms with Gasteiger partial charge in [0, 0.05) is 32.4 Å². The van der Waals surface area contributed by atoms with Crippen LogP contribution in [-0.4, -0.2) is 37.8 Å². The molecule has 1 heterocycles. The fourth-order valence-electron chi connectivity index (χ4n) is 3.40. The van der Waals surface area contributed by atoms with Crippen molar-refractivity contribution in [2.45, 2.75) is 51.0 Å². The average Bonchev–Trinajstić information content (AvgIpc) is 2.98. The molecule has 32 heavy (non-hydrogen) atoms. The van der Waals surface area contributed by atoms with Crippen molar-refractivity contribution in [1.82, 2.24) is 4.72 Å². The second-order valence-electron chi connectivity index (χ2n) is 7.45. The zero-order valence-corrected chi connectivity index (χ0v) is 20.5. The van der Waals surface area contributed by atoms with E-state index in [1.165, 1.54) is 19.1 Å². The molecule has 0 unspecified atom stereocenters. The summed E-state index contributed by atoms with van der Waals surface area (Å²) >= 11 is 1.61. The van der Waals surface area contributed by atoms with Gasteiger partial charge < -0.3 is 19.6 Å². The van der Waals surface area contributed by atoms with Crippen molar-refractivity contribution >= 4 is 35.0 Å². The van der Waals surface area contributed by atoms with E-state index in [2.05, 4.69) is 46.9 Å². The van der Waals surface area contributed by atoms with Gasteiger partial charge in [-0.15, -0.1) is 0 Å². The number of nitrogens with one attached hydrogen (secondary N) is 1. The number of benzene rings is 2. The van der Waals surface area contributed by atoms with Crippen LogP contribution < -0.4 is 19.3 Å². The van der Waals surface area contributed by atoms with E-state index in [0.717, 1.165) is 41.0 Å². The highest BCUT2D eigenvalue weighted by atomic mass is 32.2. The van der Waals surface area contributed by atoms with Crippen molar-refractivity contribution in [3.63, 3.8) is 0 Å². The lowest BCUT2D eigenvalue weighted by Crippen LogP contribution is -2.34. The second-order valence-corrected chi connectivity index (χ2v) is 8.33. The minimum Gasteiger partial charge on any atom is -0.478 e. The summed E-state index contributed by atoms with van der Waals surface area (Å²) in [5.74, 6) is -0.424. The van der Waals surface area contributed by atoms with Gasteiger partial charge in [0.25, 0.3) is 0 Å². The molecular weight excluding hydrogens is 422 g/mol. The summed E-state index contributed by atoms with van der Waals surface area (Å²) in [6.07, 6.45) is 5.65. The maximum atomic E-state index is 10.8. The summed E-state index contributed by atoms with van der Waals surface area (Å²) in [7, 11) is 3.91. The van der Waals surface area contributed by atoms with Gasteiger partial charge in [0.15, 0.2) is 5.75 Å². The zero-order chi connectivity index (χ0) is 23.5. The molecule has 174 valence electrons. The molecule has 2 aromatic rings. The molecule has 0 spiro atoms. The van der Waals surface area contributed by atoms with Crippen LogP contribution in [-0.2, 0) is 4.79 Å². The number of aliphatic carboxylic acids is 1. The number of carbonyl (C=O) groups is 1. The van der Waals surface area contributed by atoms with E-state index in [1.54, 1.807) is 11.9 Å². The topological polar surface area (TPSA) is 65.0 Å². The van der Waals surface area contributed by atoms with Crippen LogP contribution in [0.3, 0.4) is 0 Å². The molecule has 0 aromatic heterocycles. The second kappa shape index (κ2) is 13.0. The van der Waals surface area contributed by atoms with Gasteiger partial charge in [-0.05, 0) is 42.6 Å². The number of anilines is 3. The quantitative estimate of drug-likeness (QED) is 0.284. The largest absolute Gasteiger partial charge is 0.478 e. The summed E-state index contributed by atoms with van der Waals surface area (Å²) in [4.78, 5) is 16.2. The van der Waals surface area contributed by atoms with Crippen molar-refractivity contribution in [3.05, 3.63) is 54.8 Å². The van der Waals surface area contributed by atoms with E-state index >= 15 is 0 Å². The molecule has 2 aromatic carbocycles. The third-order valence-electron chi connectivity index (χ3n) is 4.93. The van der Waals surface area contributed by atoms with Gasteiger partial charge in [-0.25, -0.2) is 4.79 Å². The normalized spacial score (nSPS) is 15.4. The van der Waals surface area contributed by atoms with Crippen LogP contribution in [0.5, 0.6) is 5.75 Å². The lowest BCUT2D eigenvalue weighted by atomic mass is 10.1. The van der Waals surface area contributed by atoms with Crippen molar-refractivity contribution in [2.24, 2.45) is 0 Å². The van der Waals surface area contributed by atoms with E-state index in [4.69, 9.17) is 9.84 Å². The predicted octanol–water partition coefficient (Wildman–Crippen LogP) is 6.06. The van der Waals surface area contributed by atoms with Gasteiger partial charge in [-0.1, -0.05) is 51.8 Å². The number of unbranched alkanes of at least 4 members (excludes halogenated alkanes) is 1. The van der Waals surface area contributed by atoms with Gasteiger partial charge in [0.1, 0.15) is 0 Å². The van der Waals surface area contributed by atoms with Crippen LogP contribution in [0.4, 0.5) is 17.1 Å². The standard InChI is InChI=1S/C23H29N3O3S.C2H6/c1-4-5-9-17-16-26(18-10-7-6-8-11-18)20-14-19(25(2)3)21(15-22(20)30-24-17)29-13-12-23(27)28;1-2/h6-8,10-15,17,24H,4-5,9,16H2,1-3H3,(H,27,28);1-2H3/b13-12+;/t17-;/m0./s1. The highest BCUT2D eigenvalue weighted by Gasteiger charge is 2.25. The third kappa shape index (κ3) is 6.93. The van der Waals surface area contributed by atoms with Crippen LogP contribution in [0.1, 0.15) is 40.0 Å². The summed E-state index contributed by atoms with van der Waals surface area (Å²) in [6, 6.07) is 14.8. The monoisotopic (exact) mass is 457 g/mol. The van der Waals surface area contributed by atoms with Crippen LogP contribution in [0.2, 0.25) is 0 Å². The molecule has 0 radical (unpaired) electrons. The molecule has 0 amide bonds. The highest BCUT2D eigenvalue weighted by molar-refractivity contribution is 7.97. The molecule has 1 atom stereocenters. The Balaban J connectivity index is 0.00000176. The first kappa shape index (κ1) is 25.6. The summed E-state index contributed by atoms with van der Waals surface area (Å²) in [6.45, 7) is 7.08. The summed E-state index contributed by atoms with van der Waals surface area (Å²) in [5, 5.41) is 8.86. The number of carboxylic acids is 1. The zero-order valence-electron chi connectivity index (χ0n) is 19.7. The minimum atomic E-state index is -1.04. The molecule has 6 nitrogen and oxygen atoms in total. The molecule has 1 aliphatic heterocycles. The molecule has 1 aliphatic rings. The number of nitrogens with zero attached hydrogens (tertiary/aromatic N) is 2. The van der Waals surface area contributed by atoms with Crippen molar-refractivity contribution < 1.29 is 14.6 Å². The number of fused-ring (bicyclic) bond motifs is 1. The van der Waals surface area contributed by atoms with E-state index in [9.17, 15) is 4.79 Å². The van der Waals surface area contributed by atoms with Crippen LogP contribution >= 0.6 is 11.9 Å². The molecule has 0 saturated heterocycles. The maximum Gasteiger partial charge on any atom is 0.331 e. The molecule has 7 heteroatoms. The summed E-state index contributed by atoms with van der Waals surface area (Å²) in [5.41, 5.74) is 3.14. The number of ether oxygens (including phenoxy) is 1. The van der Waals surface area contributed by atoms with E-state index < -0.39 is 5.97 Å². The van der Waals surface area contributed by atoms with E-state index in [0.29, 0.717) is 11.8 Å². The number of hydrogen-bond acceptors (Lipinski definition) is 6. The first-order chi connectivity index (χ1) is 15.5. The fraction of sp³-hybridized carbons (Fsp3) is 0.400. The molecule has 2 N–H and O–H groups in total. The molecule has 0 saturated carbocycles. The fourth-order valence-corrected chi connectivity index (χ4v) is 4.32. The maximum absolute atomic E-state index is 10.8. The highest BCUT2D eigenvalue weighted by Crippen LogP contribution is 2.43. The lowest BCUT2D eigenvalue weighted by Gasteiger charge is -2.29. The van der Waals surface area contributed by atoms with Crippen molar-refractivity contribution in [2.75, 3.05) is 30.4 Å². The molecular formula is C25H35N3O3S. The number of para-hydroxylation sites is 1. The number of carboxylic acid groups (broad SMARTS) is 1. The van der Waals surface area contributed by atoms with Gasteiger partial charge in [-0.2, -0.15) is 0 Å². The Bertz CT molecular complexity index is 888. The van der Waals surface area contributed by atoms with Gasteiger partial charge in [0.2, 0.25) is 0 Å². The Morgan fingerprint density at radius 2 is 2.00 bits per heavy atom. The average molecular weight is 458 g/mol. The Morgan fingerprint density at radius 1 is 1.28 bits per heavy atom. The first-order valence-electron chi connectivity index (χ1n) is 11.2. The Morgan fingerprint density at radius 3 is 2.62 bits per heavy atom. The smallest absolute Gasteiger partial charge is 0.331 e. The molecule has 0 aliphatic carbocycles. The molecule has 0 bridgehead atoms. The van der Waals surface area contributed by atoms with Crippen LogP contribution in [0.15, 0.2) is 59.7 Å². The van der Waals surface area contributed by atoms with Gasteiger partial charge in [0.05, 0.1) is 28.6 Å².